The number of fused-ring (bicyclic) bond motifs is 10. The summed E-state index contributed by atoms with van der Waals surface area (Å²) in [6.07, 6.45) is -10.5. The van der Waals surface area contributed by atoms with Crippen molar-refractivity contribution in [3.8, 4) is 34.5 Å². The number of hydrogen-bond acceptors (Lipinski definition) is 23. The van der Waals surface area contributed by atoms with Crippen LogP contribution in [0.15, 0.2) is 375 Å². The molecule has 5 heterocycles. The van der Waals surface area contributed by atoms with Crippen molar-refractivity contribution in [2.45, 2.75) is 83.2 Å². The number of ether oxygens (including phenoxy) is 9. The van der Waals surface area contributed by atoms with Crippen LogP contribution in [0.25, 0.3) is 0 Å². The number of ketones is 1. The van der Waals surface area contributed by atoms with Gasteiger partial charge in [-0.25, -0.2) is 29.5 Å². The predicted octanol–water partition coefficient (Wildman–Crippen LogP) is 21.5. The van der Waals surface area contributed by atoms with E-state index in [0.29, 0.717) is 91.0 Å². The van der Waals surface area contributed by atoms with E-state index in [1.807, 2.05) is 237 Å². The number of hydrogen-bond donors (Lipinski definition) is 7. The van der Waals surface area contributed by atoms with Crippen LogP contribution in [-0.2, 0) is 76.5 Å². The highest BCUT2D eigenvalue weighted by molar-refractivity contribution is 6.15. The Morgan fingerprint density at radius 2 is 0.752 bits per heavy atom. The molecular weight excluding hydrogens is 1870 g/mol. The molecule has 738 valence electrons. The van der Waals surface area contributed by atoms with Crippen molar-refractivity contribution >= 4 is 53.5 Å². The highest BCUT2D eigenvalue weighted by atomic mass is 19.4. The highest BCUT2D eigenvalue weighted by Gasteiger charge is 2.49. The molecule has 0 saturated carbocycles. The van der Waals surface area contributed by atoms with Crippen molar-refractivity contribution < 1.29 is 123 Å². The third-order valence-corrected chi connectivity index (χ3v) is 22.9. The molecular formula is C114H95F6N5O20. The molecule has 0 aliphatic carbocycles. The number of hydroxylamine groups is 1. The number of carboxylic acids is 1. The number of aldehydes is 1. The molecule has 3 unspecified atom stereocenters. The molecule has 15 aromatic carbocycles. The molecule has 20 rings (SSSR count). The quantitative estimate of drug-likeness (QED) is 0.00777. The fourth-order valence-corrected chi connectivity index (χ4v) is 15.6. The third-order valence-electron chi connectivity index (χ3n) is 22.9. The molecule has 5 aliphatic rings. The van der Waals surface area contributed by atoms with Gasteiger partial charge in [-0.2, -0.15) is 26.3 Å². The van der Waals surface area contributed by atoms with Crippen molar-refractivity contribution in [1.29, 1.82) is 0 Å². The van der Waals surface area contributed by atoms with Gasteiger partial charge in [0, 0.05) is 68.7 Å². The van der Waals surface area contributed by atoms with Gasteiger partial charge < -0.3 is 69.3 Å². The first-order chi connectivity index (χ1) is 70.2. The van der Waals surface area contributed by atoms with Crippen molar-refractivity contribution in [2.24, 2.45) is 10.9 Å². The fraction of sp³-hybridized carbons (Fsp3) is 0.132. The standard InChI is InChI=1S/C23H21NO3.C22H20N2O3.C14H11NO2.C14H13NO.C14H12O3.C14H10O2.C9H8O3.C4F6O3/c1-26-23(25)17-12-10-16(11-13-17)14-24-22-19-7-3-2-6-18(19)15-27-21-9-5-4-8-20(21)22;25-22(24-26)16-11-9-15(10-12-16)13-23-21-18-6-2-1-5-17(18)14-27-20-8-4-3-7-19(20)21;16-15-14-11-6-2-1-5-10(11)9-17-13-8-4-3-7-12(13)14;15-14-11-6-2-1-5-10(11)9-16-13-8-4-3-7-12(13)14;15-14(16)13-9-5-4-6-11(13)10-17-12-7-2-1-3-8-12;15-14-11-6-2-1-5-10(11)9-16-13-8-4-3-7-12(13)14;1-12-9(11)8-4-2-7(6-10)3-5-8;5-3(6,7)1(11)13-2(12)4(8,9)10/h2-13,22,24H,14-15H2,1H3;1-12,21,23,26H,13-14H2,(H,24,25);1-8,16H,9H2;1-8,14H,9,15H2;1-9H,10H2,(H,15,16);1-8H,9H2;2-6H,1H3;/b;;15-14+;;;;;. The summed E-state index contributed by atoms with van der Waals surface area (Å²) in [4.78, 5) is 86.7. The fourth-order valence-electron chi connectivity index (χ4n) is 15.6. The minimum atomic E-state index is -5.62. The van der Waals surface area contributed by atoms with Crippen LogP contribution in [0.5, 0.6) is 34.5 Å². The maximum absolute atomic E-state index is 12.2. The number of alkyl halides is 6. The number of para-hydroxylation sites is 6. The molecule has 0 radical (unpaired) electrons. The van der Waals surface area contributed by atoms with E-state index < -0.39 is 42.1 Å². The van der Waals surface area contributed by atoms with Crippen molar-refractivity contribution in [2.75, 3.05) is 14.2 Å². The van der Waals surface area contributed by atoms with Gasteiger partial charge in [-0.3, -0.25) is 19.6 Å². The highest BCUT2D eigenvalue weighted by Crippen LogP contribution is 2.40. The van der Waals surface area contributed by atoms with Crippen molar-refractivity contribution in [3.63, 3.8) is 0 Å². The van der Waals surface area contributed by atoms with E-state index >= 15 is 0 Å². The maximum atomic E-state index is 12.2. The second-order valence-corrected chi connectivity index (χ2v) is 32.1. The van der Waals surface area contributed by atoms with E-state index in [2.05, 4.69) is 79.9 Å². The monoisotopic (exact) mass is 1970 g/mol. The van der Waals surface area contributed by atoms with E-state index in [4.69, 9.17) is 49.2 Å². The van der Waals surface area contributed by atoms with Crippen LogP contribution in [0.4, 0.5) is 26.3 Å². The Morgan fingerprint density at radius 3 is 1.21 bits per heavy atom. The number of aromatic carboxylic acids is 1. The van der Waals surface area contributed by atoms with Crippen LogP contribution >= 0.6 is 0 Å². The second-order valence-electron chi connectivity index (χ2n) is 32.1. The van der Waals surface area contributed by atoms with Crippen LogP contribution < -0.4 is 50.3 Å². The smallest absolute Gasteiger partial charge is 0.489 e. The summed E-state index contributed by atoms with van der Waals surface area (Å²) in [6.45, 7) is 4.23. The Bertz CT molecular complexity index is 6630. The minimum absolute atomic E-state index is 0.0142. The number of oxime groups is 1. The summed E-state index contributed by atoms with van der Waals surface area (Å²) in [6, 6.07) is 116. The van der Waals surface area contributed by atoms with E-state index in [-0.39, 0.29) is 42.0 Å². The molecule has 3 atom stereocenters. The molecule has 25 nitrogen and oxygen atoms in total. The number of amides is 1. The van der Waals surface area contributed by atoms with Crippen LogP contribution in [-0.4, -0.2) is 95.6 Å². The van der Waals surface area contributed by atoms with E-state index in [9.17, 15) is 69.9 Å². The lowest BCUT2D eigenvalue weighted by Gasteiger charge is -2.21. The maximum Gasteiger partial charge on any atom is 0.491 e. The molecule has 15 aromatic rings. The molecule has 145 heavy (non-hydrogen) atoms. The largest absolute Gasteiger partial charge is 0.491 e. The number of carbonyl (C=O) groups excluding carboxylic acids is 7. The Labute approximate surface area is 828 Å². The lowest BCUT2D eigenvalue weighted by Crippen LogP contribution is -2.34. The topological polar surface area (TPSA) is 355 Å². The summed E-state index contributed by atoms with van der Waals surface area (Å²) in [5.41, 5.74) is 29.1. The first kappa shape index (κ1) is 105. The van der Waals surface area contributed by atoms with Gasteiger partial charge in [0.2, 0.25) is 0 Å². The van der Waals surface area contributed by atoms with Gasteiger partial charge in [0.05, 0.1) is 54.6 Å². The SMILES string of the molecule is COC(=O)c1ccc(C=O)cc1.COC(=O)c1ccc(CNC2c3ccccc3COc3ccccc32)cc1.NC1c2ccccc2COc2ccccc21.O/N=C1\c2ccccc2COc2ccccc21.O=C(NO)c1ccc(CNC2c3ccccc3COc3ccccc32)cc1.O=C(O)c1ccccc1COc1ccccc1.O=C(OC(=O)C(F)(F)F)C(F)(F)F.O=C1c2ccccc2COc2ccccc21. The molecule has 0 saturated heterocycles. The van der Waals surface area contributed by atoms with Crippen LogP contribution in [0, 0.1) is 0 Å². The molecule has 1 amide bonds. The Kier molecular flexibility index (Phi) is 36.8. The normalized spacial score (nSPS) is 13.9. The number of esters is 4. The zero-order valence-electron chi connectivity index (χ0n) is 77.8. The molecule has 5 aliphatic heterocycles. The number of halogens is 6. The summed E-state index contributed by atoms with van der Waals surface area (Å²) >= 11 is 0. The van der Waals surface area contributed by atoms with E-state index in [0.717, 1.165) is 96.2 Å². The number of nitrogens with zero attached hydrogens (tertiary/aromatic N) is 1. The molecule has 0 bridgehead atoms. The van der Waals surface area contributed by atoms with Crippen LogP contribution in [0.1, 0.15) is 175 Å². The molecule has 0 spiro atoms. The zero-order valence-corrected chi connectivity index (χ0v) is 77.8. The van der Waals surface area contributed by atoms with Crippen molar-refractivity contribution in [1.82, 2.24) is 16.1 Å². The zero-order chi connectivity index (χ0) is 103. The number of benzene rings is 15. The van der Waals surface area contributed by atoms with Crippen LogP contribution in [0.3, 0.4) is 0 Å². The van der Waals surface area contributed by atoms with Gasteiger partial charge in [-0.15, -0.1) is 0 Å². The lowest BCUT2D eigenvalue weighted by molar-refractivity contribution is -0.221. The van der Waals surface area contributed by atoms with Gasteiger partial charge >= 0.3 is 42.2 Å². The number of nitrogens with one attached hydrogen (secondary N) is 3. The minimum Gasteiger partial charge on any atom is -0.489 e. The van der Waals surface area contributed by atoms with Gasteiger partial charge in [-0.05, 0) is 147 Å². The number of methoxy groups -OCH3 is 2. The number of carbonyl (C=O) groups is 8. The summed E-state index contributed by atoms with van der Waals surface area (Å²) in [5, 5.41) is 37.7. The van der Waals surface area contributed by atoms with E-state index in [1.165, 1.54) is 42.0 Å². The third kappa shape index (κ3) is 28.2. The van der Waals surface area contributed by atoms with E-state index in [1.54, 1.807) is 84.3 Å². The summed E-state index contributed by atoms with van der Waals surface area (Å²) < 4.78 is 114. The number of carboxylic acid groups (broad SMARTS) is 1. The number of nitrogens with two attached hydrogens (primary N) is 1. The molecule has 31 heteroatoms. The second kappa shape index (κ2) is 51.0. The van der Waals surface area contributed by atoms with Crippen LogP contribution in [0.2, 0.25) is 0 Å². The first-order valence-corrected chi connectivity index (χ1v) is 45.0. The summed E-state index contributed by atoms with van der Waals surface area (Å²) in [5.74, 6) is -3.68. The molecule has 0 aromatic heterocycles. The summed E-state index contributed by atoms with van der Waals surface area (Å²) in [7, 11) is 2.71. The van der Waals surface area contributed by atoms with Gasteiger partial charge in [0.25, 0.3) is 5.91 Å². The van der Waals surface area contributed by atoms with Gasteiger partial charge in [0.1, 0.15) is 86.1 Å². The molecule has 8 N–H and O–H groups in total. The Morgan fingerprint density at radius 1 is 0.400 bits per heavy atom. The van der Waals surface area contributed by atoms with Crippen molar-refractivity contribution in [3.05, 3.63) is 498 Å². The molecule has 0 fully saturated rings. The number of rotatable bonds is 14. The Balaban J connectivity index is 0.000000141. The van der Waals surface area contributed by atoms with Gasteiger partial charge in [0.15, 0.2) is 5.78 Å². The Hall–Kier alpha value is -17.7. The average molecular weight is 1970 g/mol. The first-order valence-electron chi connectivity index (χ1n) is 45.0. The average Bonchev–Trinajstić information content (AvgIpc) is 1.68. The van der Waals surface area contributed by atoms with Gasteiger partial charge in [-0.1, -0.05) is 278 Å². The lowest BCUT2D eigenvalue weighted by atomic mass is 9.94. The predicted molar refractivity (Wildman–Crippen MR) is 524 cm³/mol.